The number of aromatic nitrogens is 5. The van der Waals surface area contributed by atoms with Gasteiger partial charge in [-0.3, -0.25) is 9.69 Å². The third-order valence-corrected chi connectivity index (χ3v) is 6.79. The van der Waals surface area contributed by atoms with E-state index in [2.05, 4.69) is 25.4 Å². The van der Waals surface area contributed by atoms with Crippen molar-refractivity contribution in [2.45, 2.75) is 52.4 Å². The van der Waals surface area contributed by atoms with Crippen LogP contribution >= 0.6 is 11.6 Å². The maximum atomic E-state index is 13.7. The van der Waals surface area contributed by atoms with Gasteiger partial charge in [-0.25, -0.2) is 4.68 Å². The minimum atomic E-state index is -0.593. The quantitative estimate of drug-likeness (QED) is 0.302. The number of aryl methyl sites for hydroxylation is 1. The molecule has 0 radical (unpaired) electrons. The first-order valence-corrected chi connectivity index (χ1v) is 12.5. The van der Waals surface area contributed by atoms with E-state index in [0.29, 0.717) is 29.5 Å². The van der Waals surface area contributed by atoms with E-state index >= 15 is 0 Å². The van der Waals surface area contributed by atoms with E-state index in [1.807, 2.05) is 88.4 Å². The molecule has 5 aromatic rings. The molecule has 37 heavy (non-hydrogen) atoms. The molecule has 0 aliphatic heterocycles. The molecule has 0 saturated carbocycles. The summed E-state index contributed by atoms with van der Waals surface area (Å²) in [5.74, 6) is 1.31. The summed E-state index contributed by atoms with van der Waals surface area (Å²) in [6, 6.07) is 18.8. The Morgan fingerprint density at radius 1 is 1.08 bits per heavy atom. The summed E-state index contributed by atoms with van der Waals surface area (Å²) >= 11 is 6.59. The number of rotatable bonds is 7. The molecule has 190 valence electrons. The molecule has 0 aliphatic carbocycles. The molecule has 5 rings (SSSR count). The van der Waals surface area contributed by atoms with Crippen LogP contribution in [0.3, 0.4) is 0 Å². The van der Waals surface area contributed by atoms with Crippen LogP contribution in [-0.2, 0) is 18.6 Å². The largest absolute Gasteiger partial charge is 0.468 e. The van der Waals surface area contributed by atoms with Crippen molar-refractivity contribution in [1.29, 1.82) is 0 Å². The number of nitrogens with zero attached hydrogens (tertiary/aromatic N) is 5. The molecule has 9 heteroatoms. The Bertz CT molecular complexity index is 1580. The van der Waals surface area contributed by atoms with Crippen molar-refractivity contribution in [3.8, 4) is 0 Å². The predicted molar refractivity (Wildman–Crippen MR) is 143 cm³/mol. The molecule has 8 nitrogen and oxygen atoms in total. The van der Waals surface area contributed by atoms with Gasteiger partial charge in [0.15, 0.2) is 5.82 Å². The highest BCUT2D eigenvalue weighted by molar-refractivity contribution is 6.31. The fraction of sp³-hybridized carbons (Fsp3) is 0.286. The minimum absolute atomic E-state index is 0.195. The molecular weight excluding hydrogens is 488 g/mol. The van der Waals surface area contributed by atoms with Crippen molar-refractivity contribution in [2.75, 3.05) is 0 Å². The van der Waals surface area contributed by atoms with Crippen LogP contribution in [0.15, 0.2) is 76.1 Å². The molecule has 0 fully saturated rings. The summed E-state index contributed by atoms with van der Waals surface area (Å²) in [4.78, 5) is 18.9. The Morgan fingerprint density at radius 3 is 2.62 bits per heavy atom. The van der Waals surface area contributed by atoms with E-state index in [1.165, 1.54) is 0 Å². The fourth-order valence-electron chi connectivity index (χ4n) is 4.63. The highest BCUT2D eigenvalue weighted by atomic mass is 35.5. The summed E-state index contributed by atoms with van der Waals surface area (Å²) < 4.78 is 7.51. The zero-order valence-corrected chi connectivity index (χ0v) is 22.0. The number of para-hydroxylation sites is 1. The Hall–Kier alpha value is -3.75. The maximum Gasteiger partial charge on any atom is 0.253 e. The number of fused-ring (bicyclic) bond motifs is 1. The number of benzene rings is 2. The topological polar surface area (TPSA) is 92.8 Å². The highest BCUT2D eigenvalue weighted by Crippen LogP contribution is 2.33. The number of hydrogen-bond donors (Lipinski definition) is 1. The smallest absolute Gasteiger partial charge is 0.253 e. The monoisotopic (exact) mass is 516 g/mol. The summed E-state index contributed by atoms with van der Waals surface area (Å²) in [5.41, 5.74) is 2.66. The SMILES string of the molecule is Cc1cccc2cc([C@H](c3nnnn3C(C)(C)C)N(Cc3ccco3)Cc3ccccc3Cl)c(=O)[nH]c12. The number of hydrogen-bond acceptors (Lipinski definition) is 6. The third-order valence-electron chi connectivity index (χ3n) is 6.42. The number of halogens is 1. The molecule has 1 atom stereocenters. The van der Waals surface area contributed by atoms with Gasteiger partial charge < -0.3 is 9.40 Å². The van der Waals surface area contributed by atoms with Crippen LogP contribution in [-0.4, -0.2) is 30.1 Å². The Balaban J connectivity index is 1.75. The number of tetrazole rings is 1. The lowest BCUT2D eigenvalue weighted by Crippen LogP contribution is -2.37. The molecule has 0 unspecified atom stereocenters. The second-order valence-corrected chi connectivity index (χ2v) is 10.6. The molecule has 0 bridgehead atoms. The van der Waals surface area contributed by atoms with Gasteiger partial charge in [-0.1, -0.05) is 48.0 Å². The minimum Gasteiger partial charge on any atom is -0.468 e. The van der Waals surface area contributed by atoms with Crippen LogP contribution in [0.1, 0.15) is 55.1 Å². The number of aromatic amines is 1. The van der Waals surface area contributed by atoms with Crippen LogP contribution in [0.2, 0.25) is 5.02 Å². The van der Waals surface area contributed by atoms with Gasteiger partial charge in [0.1, 0.15) is 11.8 Å². The van der Waals surface area contributed by atoms with Crippen molar-refractivity contribution in [2.24, 2.45) is 0 Å². The average molecular weight is 517 g/mol. The first-order chi connectivity index (χ1) is 17.7. The highest BCUT2D eigenvalue weighted by Gasteiger charge is 2.34. The van der Waals surface area contributed by atoms with Crippen LogP contribution in [0, 0.1) is 6.92 Å². The summed E-state index contributed by atoms with van der Waals surface area (Å²) in [7, 11) is 0. The van der Waals surface area contributed by atoms with Crippen LogP contribution in [0.4, 0.5) is 0 Å². The molecule has 0 aliphatic rings. The van der Waals surface area contributed by atoms with Crippen molar-refractivity contribution in [3.63, 3.8) is 0 Å². The number of nitrogens with one attached hydrogen (secondary N) is 1. The van der Waals surface area contributed by atoms with E-state index in [9.17, 15) is 4.79 Å². The standard InChI is InChI=1S/C28H29ClN6O2/c1-18-9-7-11-19-15-22(27(36)30-24(18)19)25(26-31-32-33-35(26)28(2,3)4)34(17-21-12-8-14-37-21)16-20-10-5-6-13-23(20)29/h5-15,25H,16-17H2,1-4H3,(H,30,36)/t25-/m1/s1. The van der Waals surface area contributed by atoms with Crippen molar-refractivity contribution >= 4 is 22.5 Å². The summed E-state index contributed by atoms with van der Waals surface area (Å²) in [6.07, 6.45) is 1.64. The zero-order valence-electron chi connectivity index (χ0n) is 21.3. The molecule has 0 amide bonds. The first kappa shape index (κ1) is 24.9. The number of pyridine rings is 1. The van der Waals surface area contributed by atoms with Crippen molar-refractivity contribution in [3.05, 3.63) is 111 Å². The van der Waals surface area contributed by atoms with E-state index < -0.39 is 11.6 Å². The summed E-state index contributed by atoms with van der Waals surface area (Å²) in [5, 5.41) is 14.4. The third kappa shape index (κ3) is 5.08. The lowest BCUT2D eigenvalue weighted by atomic mass is 10.00. The summed E-state index contributed by atoms with van der Waals surface area (Å²) in [6.45, 7) is 8.92. The second kappa shape index (κ2) is 9.95. The molecule has 0 spiro atoms. The second-order valence-electron chi connectivity index (χ2n) is 10.2. The molecule has 3 heterocycles. The average Bonchev–Trinajstić information content (AvgIpc) is 3.54. The zero-order chi connectivity index (χ0) is 26.2. The van der Waals surface area contributed by atoms with Gasteiger partial charge in [-0.2, -0.15) is 0 Å². The lowest BCUT2D eigenvalue weighted by molar-refractivity contribution is 0.171. The van der Waals surface area contributed by atoms with Crippen LogP contribution < -0.4 is 5.56 Å². The van der Waals surface area contributed by atoms with Gasteiger partial charge in [0.25, 0.3) is 5.56 Å². The Morgan fingerprint density at radius 2 is 1.89 bits per heavy atom. The van der Waals surface area contributed by atoms with Crippen molar-refractivity contribution < 1.29 is 4.42 Å². The van der Waals surface area contributed by atoms with Crippen LogP contribution in [0.5, 0.6) is 0 Å². The molecular formula is C28H29ClN6O2. The first-order valence-electron chi connectivity index (χ1n) is 12.1. The fourth-order valence-corrected chi connectivity index (χ4v) is 4.83. The van der Waals surface area contributed by atoms with Crippen molar-refractivity contribution in [1.82, 2.24) is 30.1 Å². The molecule has 2 aromatic carbocycles. The normalized spacial score (nSPS) is 12.9. The number of H-pyrrole nitrogens is 1. The van der Waals surface area contributed by atoms with Gasteiger partial charge in [0.05, 0.1) is 23.9 Å². The Labute approximate surface area is 219 Å². The molecule has 3 aromatic heterocycles. The van der Waals surface area contributed by atoms with Gasteiger partial charge in [0.2, 0.25) is 0 Å². The molecule has 1 N–H and O–H groups in total. The van der Waals surface area contributed by atoms with E-state index in [1.54, 1.807) is 10.9 Å². The van der Waals surface area contributed by atoms with Gasteiger partial charge in [0, 0.05) is 17.1 Å². The Kier molecular flexibility index (Phi) is 6.70. The van der Waals surface area contributed by atoms with Gasteiger partial charge in [-0.15, -0.1) is 5.10 Å². The lowest BCUT2D eigenvalue weighted by Gasteiger charge is -2.32. The predicted octanol–water partition coefficient (Wildman–Crippen LogP) is 5.62. The molecule has 0 saturated heterocycles. The van der Waals surface area contributed by atoms with E-state index in [-0.39, 0.29) is 5.56 Å². The van der Waals surface area contributed by atoms with Gasteiger partial charge in [-0.05, 0) is 78.9 Å². The van der Waals surface area contributed by atoms with E-state index in [0.717, 1.165) is 27.8 Å². The number of furan rings is 1. The van der Waals surface area contributed by atoms with Gasteiger partial charge >= 0.3 is 0 Å². The van der Waals surface area contributed by atoms with E-state index in [4.69, 9.17) is 16.0 Å². The van der Waals surface area contributed by atoms with Crippen LogP contribution in [0.25, 0.3) is 10.9 Å². The maximum absolute atomic E-state index is 13.7.